The average molecular weight is 177 g/mol. The Hall–Kier alpha value is -1.93. The molecule has 13 heavy (non-hydrogen) atoms. The maximum atomic E-state index is 13.0. The highest BCUT2D eigenvalue weighted by molar-refractivity contribution is 5.89. The largest absolute Gasteiger partial charge is 0.459 e. The summed E-state index contributed by atoms with van der Waals surface area (Å²) in [4.78, 5) is 13.3. The highest BCUT2D eigenvalue weighted by Crippen LogP contribution is 2.29. The Kier molecular flexibility index (Phi) is 1.69. The summed E-state index contributed by atoms with van der Waals surface area (Å²) in [5, 5.41) is 0.475. The summed E-state index contributed by atoms with van der Waals surface area (Å²) < 4.78 is 17.9. The van der Waals surface area contributed by atoms with E-state index in [1.165, 1.54) is 24.5 Å². The number of rotatable bonds is 1. The second-order valence-electron chi connectivity index (χ2n) is 2.44. The van der Waals surface area contributed by atoms with Gasteiger partial charge in [-0.2, -0.15) is 4.99 Å². The zero-order chi connectivity index (χ0) is 9.26. The third-order valence-electron chi connectivity index (χ3n) is 1.70. The van der Waals surface area contributed by atoms with E-state index in [-0.39, 0.29) is 5.58 Å². The van der Waals surface area contributed by atoms with Crippen LogP contribution in [0.25, 0.3) is 11.0 Å². The minimum Gasteiger partial charge on any atom is -0.459 e. The van der Waals surface area contributed by atoms with Gasteiger partial charge in [-0.15, -0.1) is 0 Å². The average Bonchev–Trinajstić information content (AvgIpc) is 2.51. The van der Waals surface area contributed by atoms with Gasteiger partial charge in [-0.05, 0) is 12.1 Å². The van der Waals surface area contributed by atoms with E-state index in [2.05, 4.69) is 4.99 Å². The van der Waals surface area contributed by atoms with Gasteiger partial charge >= 0.3 is 0 Å². The van der Waals surface area contributed by atoms with E-state index in [9.17, 15) is 9.18 Å². The molecule has 1 heterocycles. The lowest BCUT2D eigenvalue weighted by Gasteiger charge is -1.88. The zero-order valence-electron chi connectivity index (χ0n) is 6.45. The fourth-order valence-electron chi connectivity index (χ4n) is 1.14. The second kappa shape index (κ2) is 2.84. The van der Waals surface area contributed by atoms with Crippen molar-refractivity contribution in [3.05, 3.63) is 30.3 Å². The molecular weight excluding hydrogens is 173 g/mol. The predicted molar refractivity (Wildman–Crippen MR) is 44.0 cm³/mol. The summed E-state index contributed by atoms with van der Waals surface area (Å²) in [5.41, 5.74) is 0.404. The molecule has 0 fully saturated rings. The number of para-hydroxylation sites is 1. The maximum Gasteiger partial charge on any atom is 0.240 e. The summed E-state index contributed by atoms with van der Waals surface area (Å²) in [5.74, 6) is -0.468. The Morgan fingerprint density at radius 2 is 2.31 bits per heavy atom. The first kappa shape index (κ1) is 7.71. The SMILES string of the molecule is O=C=Nc1coc2c(F)cccc12. The van der Waals surface area contributed by atoms with E-state index in [0.29, 0.717) is 11.1 Å². The van der Waals surface area contributed by atoms with Crippen molar-refractivity contribution >= 4 is 22.7 Å². The number of benzene rings is 1. The first-order valence-electron chi connectivity index (χ1n) is 3.56. The Bertz CT molecular complexity index is 497. The van der Waals surface area contributed by atoms with Crippen LogP contribution < -0.4 is 0 Å². The van der Waals surface area contributed by atoms with E-state index in [0.717, 1.165) is 0 Å². The Morgan fingerprint density at radius 3 is 3.08 bits per heavy atom. The van der Waals surface area contributed by atoms with Crippen LogP contribution in [0, 0.1) is 5.82 Å². The van der Waals surface area contributed by atoms with Crippen molar-refractivity contribution in [3.63, 3.8) is 0 Å². The minimum absolute atomic E-state index is 0.108. The lowest BCUT2D eigenvalue weighted by molar-refractivity contribution is 0.559. The molecule has 0 atom stereocenters. The molecule has 2 aromatic rings. The lowest BCUT2D eigenvalue weighted by Crippen LogP contribution is -1.71. The van der Waals surface area contributed by atoms with Gasteiger partial charge in [0.15, 0.2) is 11.4 Å². The number of fused-ring (bicyclic) bond motifs is 1. The normalized spacial score (nSPS) is 9.92. The molecule has 2 rings (SSSR count). The van der Waals surface area contributed by atoms with Gasteiger partial charge in [0.1, 0.15) is 12.0 Å². The van der Waals surface area contributed by atoms with E-state index >= 15 is 0 Å². The number of hydrogen-bond acceptors (Lipinski definition) is 3. The smallest absolute Gasteiger partial charge is 0.240 e. The van der Waals surface area contributed by atoms with Gasteiger partial charge in [0, 0.05) is 0 Å². The first-order chi connectivity index (χ1) is 6.33. The molecule has 64 valence electrons. The molecule has 0 aliphatic heterocycles. The quantitative estimate of drug-likeness (QED) is 0.496. The number of isocyanates is 1. The summed E-state index contributed by atoms with van der Waals surface area (Å²) in [6, 6.07) is 4.43. The Morgan fingerprint density at radius 1 is 1.46 bits per heavy atom. The predicted octanol–water partition coefficient (Wildman–Crippen LogP) is 2.54. The second-order valence-corrected chi connectivity index (χ2v) is 2.44. The molecule has 0 spiro atoms. The number of nitrogens with zero attached hydrogens (tertiary/aromatic N) is 1. The molecule has 0 aliphatic carbocycles. The van der Waals surface area contributed by atoms with Gasteiger partial charge in [0.25, 0.3) is 0 Å². The van der Waals surface area contributed by atoms with Crippen molar-refractivity contribution < 1.29 is 13.6 Å². The molecule has 0 bridgehead atoms. The van der Waals surface area contributed by atoms with Gasteiger partial charge in [-0.25, -0.2) is 9.18 Å². The molecule has 0 saturated heterocycles. The zero-order valence-corrected chi connectivity index (χ0v) is 6.45. The molecule has 0 N–H and O–H groups in total. The van der Waals surface area contributed by atoms with Crippen molar-refractivity contribution in [1.29, 1.82) is 0 Å². The standard InChI is InChI=1S/C9H4FNO2/c10-7-3-1-2-6-8(11-5-12)4-13-9(6)7/h1-4H. The monoisotopic (exact) mass is 177 g/mol. The number of halogens is 1. The summed E-state index contributed by atoms with van der Waals surface area (Å²) in [6.07, 6.45) is 2.60. The number of furan rings is 1. The molecule has 0 radical (unpaired) electrons. The van der Waals surface area contributed by atoms with Gasteiger partial charge in [-0.3, -0.25) is 0 Å². The molecule has 0 unspecified atom stereocenters. The van der Waals surface area contributed by atoms with Crippen molar-refractivity contribution in [1.82, 2.24) is 0 Å². The van der Waals surface area contributed by atoms with Crippen LogP contribution in [0.5, 0.6) is 0 Å². The van der Waals surface area contributed by atoms with Crippen LogP contribution in [0.1, 0.15) is 0 Å². The number of aliphatic imine (C=N–C) groups is 1. The van der Waals surface area contributed by atoms with Gasteiger partial charge in [0.2, 0.25) is 6.08 Å². The van der Waals surface area contributed by atoms with Crippen LogP contribution in [-0.2, 0) is 4.79 Å². The van der Waals surface area contributed by atoms with Crippen LogP contribution in [0.3, 0.4) is 0 Å². The van der Waals surface area contributed by atoms with Crippen LogP contribution >= 0.6 is 0 Å². The third kappa shape index (κ3) is 1.13. The summed E-state index contributed by atoms with van der Waals surface area (Å²) in [7, 11) is 0. The van der Waals surface area contributed by atoms with Gasteiger partial charge in [-0.1, -0.05) is 6.07 Å². The van der Waals surface area contributed by atoms with Crippen molar-refractivity contribution in [3.8, 4) is 0 Å². The Balaban J connectivity index is 2.82. The highest BCUT2D eigenvalue weighted by Gasteiger charge is 2.07. The van der Waals surface area contributed by atoms with E-state index in [4.69, 9.17) is 4.42 Å². The van der Waals surface area contributed by atoms with Crippen molar-refractivity contribution in [2.45, 2.75) is 0 Å². The topological polar surface area (TPSA) is 42.6 Å². The molecule has 0 amide bonds. The molecule has 4 heteroatoms. The fraction of sp³-hybridized carbons (Fsp3) is 0. The molecule has 0 saturated carbocycles. The molecule has 1 aromatic heterocycles. The van der Waals surface area contributed by atoms with Gasteiger partial charge in [0.05, 0.1) is 5.39 Å². The third-order valence-corrected chi connectivity index (χ3v) is 1.70. The Labute approximate surface area is 72.5 Å². The molecule has 0 aliphatic rings. The van der Waals surface area contributed by atoms with E-state index in [1.807, 2.05) is 0 Å². The van der Waals surface area contributed by atoms with Crippen LogP contribution in [0.15, 0.2) is 33.9 Å². The maximum absolute atomic E-state index is 13.0. The van der Waals surface area contributed by atoms with Crippen LogP contribution in [0.4, 0.5) is 10.1 Å². The lowest BCUT2D eigenvalue weighted by atomic mass is 10.2. The minimum atomic E-state index is -0.468. The molecule has 3 nitrogen and oxygen atoms in total. The van der Waals surface area contributed by atoms with Crippen molar-refractivity contribution in [2.24, 2.45) is 4.99 Å². The molecular formula is C9H4FNO2. The van der Waals surface area contributed by atoms with E-state index in [1.54, 1.807) is 6.07 Å². The highest BCUT2D eigenvalue weighted by atomic mass is 19.1. The van der Waals surface area contributed by atoms with Crippen LogP contribution in [-0.4, -0.2) is 6.08 Å². The van der Waals surface area contributed by atoms with Crippen molar-refractivity contribution in [2.75, 3.05) is 0 Å². The number of carbonyl (C=O) groups excluding carboxylic acids is 1. The first-order valence-corrected chi connectivity index (χ1v) is 3.56. The van der Waals surface area contributed by atoms with Gasteiger partial charge < -0.3 is 4.42 Å². The fourth-order valence-corrected chi connectivity index (χ4v) is 1.14. The summed E-state index contributed by atoms with van der Waals surface area (Å²) in [6.45, 7) is 0. The number of hydrogen-bond donors (Lipinski definition) is 0. The van der Waals surface area contributed by atoms with Crippen LogP contribution in [0.2, 0.25) is 0 Å². The molecule has 1 aromatic carbocycles. The summed E-state index contributed by atoms with van der Waals surface area (Å²) >= 11 is 0. The van der Waals surface area contributed by atoms with E-state index < -0.39 is 5.82 Å².